The minimum atomic E-state index is -0.140. The maximum absolute atomic E-state index is 11.6. The summed E-state index contributed by atoms with van der Waals surface area (Å²) in [6.07, 6.45) is 0. The lowest BCUT2D eigenvalue weighted by Gasteiger charge is -2.08. The van der Waals surface area contributed by atoms with Crippen molar-refractivity contribution in [2.75, 3.05) is 12.4 Å². The minimum Gasteiger partial charge on any atom is -0.495 e. The van der Waals surface area contributed by atoms with Gasteiger partial charge in [-0.15, -0.1) is 0 Å². The van der Waals surface area contributed by atoms with Crippen LogP contribution in [0.3, 0.4) is 0 Å². The van der Waals surface area contributed by atoms with Crippen molar-refractivity contribution in [3.05, 3.63) is 17.2 Å². The smallest absolute Gasteiger partial charge is 0.228 e. The van der Waals surface area contributed by atoms with Gasteiger partial charge in [0.25, 0.3) is 0 Å². The van der Waals surface area contributed by atoms with E-state index in [1.54, 1.807) is 27.0 Å². The maximum atomic E-state index is 11.6. The van der Waals surface area contributed by atoms with Gasteiger partial charge in [-0.25, -0.2) is 4.98 Å². The van der Waals surface area contributed by atoms with Crippen LogP contribution < -0.4 is 15.4 Å². The number of amides is 1. The summed E-state index contributed by atoms with van der Waals surface area (Å²) >= 11 is 12.5. The third-order valence-corrected chi connectivity index (χ3v) is 4.08. The molecule has 112 valence electrons. The molecule has 0 aliphatic rings. The van der Waals surface area contributed by atoms with Crippen LogP contribution in [0, 0.1) is 5.92 Å². The van der Waals surface area contributed by atoms with Gasteiger partial charge in [-0.2, -0.15) is 0 Å². The lowest BCUT2D eigenvalue weighted by Crippen LogP contribution is -2.36. The largest absolute Gasteiger partial charge is 0.495 e. The van der Waals surface area contributed by atoms with E-state index in [0.29, 0.717) is 15.9 Å². The Morgan fingerprint density at radius 1 is 1.48 bits per heavy atom. The monoisotopic (exact) mass is 343 g/mol. The van der Waals surface area contributed by atoms with E-state index >= 15 is 0 Å². The van der Waals surface area contributed by atoms with E-state index in [-0.39, 0.29) is 16.9 Å². The molecule has 0 aliphatic heterocycles. The van der Waals surface area contributed by atoms with Gasteiger partial charge in [0, 0.05) is 12.0 Å². The van der Waals surface area contributed by atoms with Gasteiger partial charge < -0.3 is 15.4 Å². The molecule has 5 nitrogen and oxygen atoms in total. The van der Waals surface area contributed by atoms with Crippen LogP contribution in [0.25, 0.3) is 10.2 Å². The van der Waals surface area contributed by atoms with Crippen molar-refractivity contribution in [3.63, 3.8) is 0 Å². The number of hydrogen-bond donors (Lipinski definition) is 2. The molecule has 0 saturated carbocycles. The Bertz CT molecular complexity index is 700. The summed E-state index contributed by atoms with van der Waals surface area (Å²) in [6.45, 7) is 3.59. The van der Waals surface area contributed by atoms with Gasteiger partial charge in [0.1, 0.15) is 5.75 Å². The summed E-state index contributed by atoms with van der Waals surface area (Å²) in [5.74, 6) is 0.316. The molecule has 0 radical (unpaired) electrons. The van der Waals surface area contributed by atoms with E-state index in [1.165, 1.54) is 11.3 Å². The number of thiazole rings is 1. The number of thiocarbonyl (C=S) groups is 1. The zero-order valence-electron chi connectivity index (χ0n) is 11.7. The second-order valence-electron chi connectivity index (χ2n) is 4.57. The van der Waals surface area contributed by atoms with Gasteiger partial charge in [-0.1, -0.05) is 36.8 Å². The fraction of sp³-hybridized carbons (Fsp3) is 0.308. The summed E-state index contributed by atoms with van der Waals surface area (Å²) in [6, 6.07) is 3.55. The third kappa shape index (κ3) is 3.81. The molecule has 0 saturated heterocycles. The van der Waals surface area contributed by atoms with Crippen LogP contribution in [-0.4, -0.2) is 23.1 Å². The highest BCUT2D eigenvalue weighted by molar-refractivity contribution is 7.80. The van der Waals surface area contributed by atoms with Crippen LogP contribution in [0.5, 0.6) is 5.75 Å². The number of benzene rings is 1. The van der Waals surface area contributed by atoms with E-state index in [9.17, 15) is 4.79 Å². The molecule has 0 aliphatic carbocycles. The molecule has 8 heteroatoms. The summed E-state index contributed by atoms with van der Waals surface area (Å²) in [4.78, 5) is 15.9. The minimum absolute atomic E-state index is 0.136. The third-order valence-electron chi connectivity index (χ3n) is 2.64. The summed E-state index contributed by atoms with van der Waals surface area (Å²) in [7, 11) is 1.56. The number of ether oxygens (including phenoxy) is 1. The molecule has 0 spiro atoms. The fourth-order valence-corrected chi connectivity index (χ4v) is 2.90. The molecule has 1 amide bonds. The lowest BCUT2D eigenvalue weighted by atomic mass is 10.2. The van der Waals surface area contributed by atoms with Crippen LogP contribution in [0.4, 0.5) is 5.13 Å². The second-order valence-corrected chi connectivity index (χ2v) is 6.42. The zero-order chi connectivity index (χ0) is 15.6. The van der Waals surface area contributed by atoms with Gasteiger partial charge in [-0.3, -0.25) is 4.79 Å². The van der Waals surface area contributed by atoms with Gasteiger partial charge in [0.05, 0.1) is 22.3 Å². The van der Waals surface area contributed by atoms with E-state index in [0.717, 1.165) is 10.2 Å². The molecule has 0 atom stereocenters. The predicted molar refractivity (Wildman–Crippen MR) is 90.4 cm³/mol. The highest BCUT2D eigenvalue weighted by Crippen LogP contribution is 2.34. The average molecular weight is 344 g/mol. The highest BCUT2D eigenvalue weighted by atomic mass is 35.5. The Labute approximate surface area is 136 Å². The number of halogens is 1. The van der Waals surface area contributed by atoms with Crippen LogP contribution in [-0.2, 0) is 4.79 Å². The van der Waals surface area contributed by atoms with Crippen molar-refractivity contribution < 1.29 is 9.53 Å². The first-order valence-electron chi connectivity index (χ1n) is 6.16. The number of anilines is 1. The topological polar surface area (TPSA) is 63.2 Å². The first kappa shape index (κ1) is 15.9. The lowest BCUT2D eigenvalue weighted by molar-refractivity contribution is -0.122. The van der Waals surface area contributed by atoms with Gasteiger partial charge in [-0.05, 0) is 18.3 Å². The number of nitrogens with zero attached hydrogens (tertiary/aromatic N) is 1. The first-order valence-corrected chi connectivity index (χ1v) is 7.77. The normalized spacial score (nSPS) is 10.7. The average Bonchev–Trinajstić information content (AvgIpc) is 2.78. The predicted octanol–water partition coefficient (Wildman–Crippen LogP) is 3.43. The Morgan fingerprint density at radius 2 is 2.19 bits per heavy atom. The van der Waals surface area contributed by atoms with Gasteiger partial charge in [0.2, 0.25) is 5.91 Å². The van der Waals surface area contributed by atoms with Crippen LogP contribution in [0.1, 0.15) is 13.8 Å². The summed E-state index contributed by atoms with van der Waals surface area (Å²) in [5, 5.41) is 6.81. The molecule has 2 N–H and O–H groups in total. The van der Waals surface area contributed by atoms with Crippen molar-refractivity contribution in [1.29, 1.82) is 0 Å². The SMILES string of the molecule is COc1cc2sc(NC(=S)NC(=O)C(C)C)nc2cc1Cl. The summed E-state index contributed by atoms with van der Waals surface area (Å²) < 4.78 is 6.08. The molecule has 1 aromatic heterocycles. The molecule has 2 aromatic rings. The fourth-order valence-electron chi connectivity index (χ4n) is 1.52. The van der Waals surface area contributed by atoms with Gasteiger partial charge >= 0.3 is 0 Å². The van der Waals surface area contributed by atoms with E-state index in [2.05, 4.69) is 15.6 Å². The van der Waals surface area contributed by atoms with Gasteiger partial charge in [0.15, 0.2) is 10.2 Å². The Hall–Kier alpha value is -1.44. The summed E-state index contributed by atoms with van der Waals surface area (Å²) in [5.41, 5.74) is 0.742. The standard InChI is InChI=1S/C13H14ClN3O2S2/c1-6(2)11(18)16-12(20)17-13-15-8-4-7(14)9(19-3)5-10(8)21-13/h4-6H,1-3H3,(H2,15,16,17,18,20). The first-order chi connectivity index (χ1) is 9.90. The number of carbonyl (C=O) groups excluding carboxylic acids is 1. The number of hydrogen-bond acceptors (Lipinski definition) is 5. The van der Waals surface area contributed by atoms with Crippen molar-refractivity contribution in [3.8, 4) is 5.75 Å². The molecular weight excluding hydrogens is 330 g/mol. The van der Waals surface area contributed by atoms with E-state index < -0.39 is 0 Å². The molecule has 0 fully saturated rings. The molecule has 0 bridgehead atoms. The maximum Gasteiger partial charge on any atom is 0.228 e. The molecule has 2 rings (SSSR count). The number of rotatable bonds is 3. The molecule has 0 unspecified atom stereocenters. The molecule has 21 heavy (non-hydrogen) atoms. The van der Waals surface area contributed by atoms with E-state index in [4.69, 9.17) is 28.6 Å². The Kier molecular flexibility index (Phi) is 4.97. The Balaban J connectivity index is 2.16. The molecule has 1 aromatic carbocycles. The number of fused-ring (bicyclic) bond motifs is 1. The highest BCUT2D eigenvalue weighted by Gasteiger charge is 2.12. The zero-order valence-corrected chi connectivity index (χ0v) is 14.1. The number of methoxy groups -OCH3 is 1. The Morgan fingerprint density at radius 3 is 2.81 bits per heavy atom. The second kappa shape index (κ2) is 6.55. The van der Waals surface area contributed by atoms with Crippen molar-refractivity contribution in [1.82, 2.24) is 10.3 Å². The van der Waals surface area contributed by atoms with Crippen LogP contribution in [0.15, 0.2) is 12.1 Å². The number of aromatic nitrogens is 1. The van der Waals surface area contributed by atoms with Crippen molar-refractivity contribution in [2.45, 2.75) is 13.8 Å². The van der Waals surface area contributed by atoms with Crippen molar-refractivity contribution in [2.24, 2.45) is 5.92 Å². The van der Waals surface area contributed by atoms with E-state index in [1.807, 2.05) is 6.07 Å². The molecule has 1 heterocycles. The number of nitrogens with one attached hydrogen (secondary N) is 2. The molecular formula is C13H14ClN3O2S2. The number of carbonyl (C=O) groups is 1. The van der Waals surface area contributed by atoms with Crippen LogP contribution in [0.2, 0.25) is 5.02 Å². The van der Waals surface area contributed by atoms with Crippen molar-refractivity contribution >= 4 is 61.5 Å². The quantitative estimate of drug-likeness (QED) is 0.836. The van der Waals surface area contributed by atoms with Crippen LogP contribution >= 0.6 is 35.2 Å².